The van der Waals surface area contributed by atoms with Crippen LogP contribution in [-0.4, -0.2) is 9.97 Å². The van der Waals surface area contributed by atoms with Crippen LogP contribution in [0.4, 0.5) is 0 Å². The van der Waals surface area contributed by atoms with Gasteiger partial charge in [-0.05, 0) is 12.5 Å². The molecule has 2 nitrogen and oxygen atoms in total. The van der Waals surface area contributed by atoms with E-state index in [4.69, 9.17) is 12.2 Å². The molecule has 0 saturated carbocycles. The first-order valence-corrected chi connectivity index (χ1v) is 8.74. The molecule has 1 aromatic carbocycles. The second-order valence-corrected chi connectivity index (χ2v) is 7.33. The zero-order valence-electron chi connectivity index (χ0n) is 10.9. The zero-order valence-corrected chi connectivity index (χ0v) is 13.3. The Morgan fingerprint density at radius 3 is 2.60 bits per heavy atom. The molecule has 0 aliphatic rings. The first-order chi connectivity index (χ1) is 9.74. The summed E-state index contributed by atoms with van der Waals surface area (Å²) in [6.07, 6.45) is 6.06. The van der Waals surface area contributed by atoms with E-state index >= 15 is 0 Å². The van der Waals surface area contributed by atoms with E-state index in [0.29, 0.717) is 0 Å². The van der Waals surface area contributed by atoms with Crippen molar-refractivity contribution in [1.82, 2.24) is 9.97 Å². The molecule has 2 heterocycles. The predicted molar refractivity (Wildman–Crippen MR) is 88.0 cm³/mol. The minimum absolute atomic E-state index is 0.852. The van der Waals surface area contributed by atoms with Crippen LogP contribution in [-0.2, 0) is 6.42 Å². The first kappa shape index (κ1) is 13.5. The van der Waals surface area contributed by atoms with Crippen LogP contribution in [0.15, 0.2) is 42.9 Å². The quantitative estimate of drug-likeness (QED) is 0.508. The lowest BCUT2D eigenvalue weighted by molar-refractivity contribution is 1.17. The molecule has 0 bridgehead atoms. The smallest absolute Gasteiger partial charge is 0.106 e. The van der Waals surface area contributed by atoms with E-state index in [-0.39, 0.29) is 0 Å². The lowest BCUT2D eigenvalue weighted by Crippen LogP contribution is -1.91. The molecule has 0 saturated heterocycles. The summed E-state index contributed by atoms with van der Waals surface area (Å²) in [5, 5.41) is 0. The van der Waals surface area contributed by atoms with Crippen LogP contribution in [0.1, 0.15) is 16.7 Å². The molecule has 3 rings (SSSR count). The van der Waals surface area contributed by atoms with E-state index < -0.39 is 0 Å². The second kappa shape index (κ2) is 5.91. The van der Waals surface area contributed by atoms with E-state index in [1.807, 2.05) is 0 Å². The molecule has 3 aromatic rings. The van der Waals surface area contributed by atoms with E-state index in [1.54, 1.807) is 39.3 Å². The highest BCUT2D eigenvalue weighted by atomic mass is 32.9. The Kier molecular flexibility index (Phi) is 4.00. The summed E-state index contributed by atoms with van der Waals surface area (Å²) < 4.78 is 0.955. The number of nitrogens with zero attached hydrogens (tertiary/aromatic N) is 2. The van der Waals surface area contributed by atoms with E-state index in [1.165, 1.54) is 16.7 Å². The maximum atomic E-state index is 5.48. The van der Waals surface area contributed by atoms with Gasteiger partial charge in [0, 0.05) is 24.4 Å². The van der Waals surface area contributed by atoms with Gasteiger partial charge in [0.25, 0.3) is 0 Å². The standard InChI is InChI=1S/C15H12N2S3/c1-10-2-4-11(5-3-10)8-12-14(19-20-15(12)18)13-9-16-6-7-17-13/h2-7,9H,8H2,1H3. The van der Waals surface area contributed by atoms with E-state index in [9.17, 15) is 0 Å². The fourth-order valence-electron chi connectivity index (χ4n) is 1.95. The van der Waals surface area contributed by atoms with Crippen LogP contribution in [0.5, 0.6) is 0 Å². The third kappa shape index (κ3) is 2.85. The van der Waals surface area contributed by atoms with Crippen molar-refractivity contribution in [3.63, 3.8) is 0 Å². The number of rotatable bonds is 3. The Bertz CT molecular complexity index is 758. The summed E-state index contributed by atoms with van der Waals surface area (Å²) in [6.45, 7) is 2.10. The Hall–Kier alpha value is -1.43. The van der Waals surface area contributed by atoms with Gasteiger partial charge in [0.2, 0.25) is 0 Å². The first-order valence-electron chi connectivity index (χ1n) is 6.18. The number of aromatic nitrogens is 2. The molecule has 0 N–H and O–H groups in total. The summed E-state index contributed by atoms with van der Waals surface area (Å²) in [4.78, 5) is 9.68. The van der Waals surface area contributed by atoms with Crippen LogP contribution in [0.3, 0.4) is 0 Å². The maximum absolute atomic E-state index is 5.48. The lowest BCUT2D eigenvalue weighted by Gasteiger charge is -2.03. The second-order valence-electron chi connectivity index (χ2n) is 4.51. The molecule has 5 heteroatoms. The van der Waals surface area contributed by atoms with E-state index in [2.05, 4.69) is 41.2 Å². The van der Waals surface area contributed by atoms with Crippen molar-refractivity contribution in [2.75, 3.05) is 0 Å². The maximum Gasteiger partial charge on any atom is 0.106 e. The van der Waals surface area contributed by atoms with Crippen molar-refractivity contribution < 1.29 is 0 Å². The van der Waals surface area contributed by atoms with Crippen LogP contribution in [0.25, 0.3) is 10.6 Å². The Morgan fingerprint density at radius 1 is 1.10 bits per heavy atom. The van der Waals surface area contributed by atoms with Crippen LogP contribution >= 0.6 is 32.9 Å². The highest BCUT2D eigenvalue weighted by Gasteiger charge is 2.12. The molecular formula is C15H12N2S3. The number of hydrogen-bond donors (Lipinski definition) is 0. The third-order valence-electron chi connectivity index (χ3n) is 3.02. The van der Waals surface area contributed by atoms with Crippen molar-refractivity contribution in [3.05, 3.63) is 63.4 Å². The third-order valence-corrected chi connectivity index (χ3v) is 6.18. The van der Waals surface area contributed by atoms with Gasteiger partial charge in [-0.1, -0.05) is 62.7 Å². The molecule has 0 unspecified atom stereocenters. The van der Waals surface area contributed by atoms with Gasteiger partial charge in [-0.2, -0.15) is 0 Å². The van der Waals surface area contributed by atoms with Gasteiger partial charge in [0.15, 0.2) is 0 Å². The summed E-state index contributed by atoms with van der Waals surface area (Å²) in [5.74, 6) is 0. The minimum atomic E-state index is 0.852. The van der Waals surface area contributed by atoms with Gasteiger partial charge in [-0.3, -0.25) is 9.97 Å². The lowest BCUT2D eigenvalue weighted by atomic mass is 10.0. The molecule has 0 amide bonds. The summed E-state index contributed by atoms with van der Waals surface area (Å²) >= 11 is 5.48. The SMILES string of the molecule is Cc1ccc(Cc2c(-c3cnccn3)ssc2=S)cc1. The normalized spacial score (nSPS) is 10.7. The average molecular weight is 316 g/mol. The van der Waals surface area contributed by atoms with Crippen LogP contribution in [0.2, 0.25) is 0 Å². The van der Waals surface area contributed by atoms with Crippen LogP contribution < -0.4 is 0 Å². The zero-order chi connectivity index (χ0) is 13.9. The number of benzene rings is 1. The fraction of sp³-hybridized carbons (Fsp3) is 0.133. The molecule has 20 heavy (non-hydrogen) atoms. The number of aryl methyl sites for hydroxylation is 1. The molecule has 0 spiro atoms. The Balaban J connectivity index is 2.00. The van der Waals surface area contributed by atoms with Gasteiger partial charge in [0.1, 0.15) is 3.82 Å². The molecule has 0 atom stereocenters. The highest BCUT2D eigenvalue weighted by Crippen LogP contribution is 2.34. The molecule has 0 aliphatic heterocycles. The average Bonchev–Trinajstić information content (AvgIpc) is 2.84. The molecule has 0 radical (unpaired) electrons. The van der Waals surface area contributed by atoms with Gasteiger partial charge in [-0.15, -0.1) is 0 Å². The highest BCUT2D eigenvalue weighted by molar-refractivity contribution is 7.80. The molecular weight excluding hydrogens is 304 g/mol. The van der Waals surface area contributed by atoms with Gasteiger partial charge in [-0.25, -0.2) is 0 Å². The molecule has 100 valence electrons. The Labute approximate surface area is 130 Å². The summed E-state index contributed by atoms with van der Waals surface area (Å²) in [6, 6.07) is 8.59. The predicted octanol–water partition coefficient (Wildman–Crippen LogP) is 4.90. The molecule has 0 fully saturated rings. The van der Waals surface area contributed by atoms with Crippen LogP contribution in [0, 0.1) is 10.7 Å². The van der Waals surface area contributed by atoms with Crippen molar-refractivity contribution in [2.24, 2.45) is 0 Å². The van der Waals surface area contributed by atoms with Crippen molar-refractivity contribution in [3.8, 4) is 10.6 Å². The van der Waals surface area contributed by atoms with Crippen molar-refractivity contribution >= 4 is 32.9 Å². The number of hydrogen-bond acceptors (Lipinski definition) is 5. The molecule has 0 aliphatic carbocycles. The topological polar surface area (TPSA) is 25.8 Å². The Morgan fingerprint density at radius 2 is 1.90 bits per heavy atom. The monoisotopic (exact) mass is 316 g/mol. The van der Waals surface area contributed by atoms with Gasteiger partial charge < -0.3 is 0 Å². The van der Waals surface area contributed by atoms with Gasteiger partial charge >= 0.3 is 0 Å². The summed E-state index contributed by atoms with van der Waals surface area (Å²) in [5.41, 5.74) is 4.65. The molecule has 2 aromatic heterocycles. The van der Waals surface area contributed by atoms with E-state index in [0.717, 1.165) is 20.8 Å². The van der Waals surface area contributed by atoms with Gasteiger partial charge in [0.05, 0.1) is 16.8 Å². The van der Waals surface area contributed by atoms with Crippen molar-refractivity contribution in [2.45, 2.75) is 13.3 Å². The fourth-order valence-corrected chi connectivity index (χ4v) is 4.79. The largest absolute Gasteiger partial charge is 0.261 e. The van der Waals surface area contributed by atoms with Crippen molar-refractivity contribution in [1.29, 1.82) is 0 Å². The minimum Gasteiger partial charge on any atom is -0.261 e. The summed E-state index contributed by atoms with van der Waals surface area (Å²) in [7, 11) is 3.32.